The highest BCUT2D eigenvalue weighted by Gasteiger charge is 2.18. The molecule has 7 heteroatoms. The van der Waals surface area contributed by atoms with Crippen molar-refractivity contribution in [1.82, 2.24) is 14.1 Å². The summed E-state index contributed by atoms with van der Waals surface area (Å²) in [7, 11) is 2.83. The predicted molar refractivity (Wildman–Crippen MR) is 80.8 cm³/mol. The van der Waals surface area contributed by atoms with E-state index in [0.717, 1.165) is 35.1 Å². The van der Waals surface area contributed by atoms with Gasteiger partial charge in [0, 0.05) is 27.2 Å². The molecule has 2 rings (SSSR count). The maximum absolute atomic E-state index is 12.2. The molecule has 2 heterocycles. The molecule has 1 aromatic rings. The molecule has 0 atom stereocenters. The van der Waals surface area contributed by atoms with Gasteiger partial charge in [-0.3, -0.25) is 18.9 Å². The third kappa shape index (κ3) is 3.01. The van der Waals surface area contributed by atoms with Crippen molar-refractivity contribution in [1.29, 1.82) is 0 Å². The molecule has 1 saturated heterocycles. The van der Waals surface area contributed by atoms with Crippen molar-refractivity contribution < 1.29 is 5.11 Å². The van der Waals surface area contributed by atoms with E-state index in [9.17, 15) is 14.7 Å². The molecular formula is C14H22N4O3. The molecule has 0 aliphatic carbocycles. The summed E-state index contributed by atoms with van der Waals surface area (Å²) in [6.07, 6.45) is 4.54. The van der Waals surface area contributed by atoms with E-state index in [-0.39, 0.29) is 11.4 Å². The number of rotatable bonds is 2. The summed E-state index contributed by atoms with van der Waals surface area (Å²) in [5.41, 5.74) is -0.551. The van der Waals surface area contributed by atoms with E-state index in [1.807, 2.05) is 5.01 Å². The van der Waals surface area contributed by atoms with Crippen LogP contribution < -0.4 is 11.2 Å². The average Bonchev–Trinajstić information content (AvgIpc) is 2.72. The zero-order chi connectivity index (χ0) is 15.6. The van der Waals surface area contributed by atoms with Crippen molar-refractivity contribution in [3.8, 4) is 5.88 Å². The van der Waals surface area contributed by atoms with Gasteiger partial charge in [-0.05, 0) is 19.8 Å². The molecule has 0 amide bonds. The van der Waals surface area contributed by atoms with Crippen LogP contribution in [-0.4, -0.2) is 38.1 Å². The van der Waals surface area contributed by atoms with Crippen LogP contribution in [0, 0.1) is 0 Å². The molecule has 1 aromatic heterocycles. The molecule has 1 aliphatic heterocycles. The second kappa shape index (κ2) is 6.15. The first-order valence-corrected chi connectivity index (χ1v) is 7.23. The Bertz CT molecular complexity index is 664. The van der Waals surface area contributed by atoms with Crippen LogP contribution in [-0.2, 0) is 14.1 Å². The fraction of sp³-hybridized carbons (Fsp3) is 0.643. The Balaban J connectivity index is 2.46. The van der Waals surface area contributed by atoms with Crippen molar-refractivity contribution in [2.75, 3.05) is 13.1 Å². The van der Waals surface area contributed by atoms with Gasteiger partial charge in [0.1, 0.15) is 5.56 Å². The molecule has 1 aliphatic rings. The van der Waals surface area contributed by atoms with Gasteiger partial charge in [-0.1, -0.05) is 12.8 Å². The summed E-state index contributed by atoms with van der Waals surface area (Å²) in [6.45, 7) is 3.39. The zero-order valence-corrected chi connectivity index (χ0v) is 12.8. The van der Waals surface area contributed by atoms with Crippen LogP contribution in [0.1, 0.15) is 38.2 Å². The van der Waals surface area contributed by atoms with Crippen molar-refractivity contribution >= 4 is 5.71 Å². The first-order chi connectivity index (χ1) is 9.93. The highest BCUT2D eigenvalue weighted by molar-refractivity contribution is 6.00. The summed E-state index contributed by atoms with van der Waals surface area (Å²) < 4.78 is 2.04. The molecule has 116 valence electrons. The number of nitrogens with zero attached hydrogens (tertiary/aromatic N) is 4. The maximum Gasteiger partial charge on any atom is 0.333 e. The molecule has 0 bridgehead atoms. The molecule has 0 radical (unpaired) electrons. The average molecular weight is 294 g/mol. The summed E-state index contributed by atoms with van der Waals surface area (Å²) in [5.74, 6) is -0.334. The van der Waals surface area contributed by atoms with Gasteiger partial charge in [-0.25, -0.2) is 4.79 Å². The summed E-state index contributed by atoms with van der Waals surface area (Å²) >= 11 is 0. The van der Waals surface area contributed by atoms with Crippen molar-refractivity contribution in [3.63, 3.8) is 0 Å². The number of hydrogen-bond acceptors (Lipinski definition) is 5. The van der Waals surface area contributed by atoms with Gasteiger partial charge in [0.25, 0.3) is 5.56 Å². The molecule has 1 N–H and O–H groups in total. The second-order valence-corrected chi connectivity index (χ2v) is 5.46. The van der Waals surface area contributed by atoms with Gasteiger partial charge in [0.2, 0.25) is 5.88 Å². The van der Waals surface area contributed by atoms with E-state index in [1.54, 1.807) is 6.92 Å². The first kappa shape index (κ1) is 15.3. The largest absolute Gasteiger partial charge is 0.494 e. The minimum absolute atomic E-state index is 0.0869. The Morgan fingerprint density at radius 2 is 1.62 bits per heavy atom. The molecule has 7 nitrogen and oxygen atoms in total. The Hall–Kier alpha value is -2.05. The molecule has 0 spiro atoms. The topological polar surface area (TPSA) is 79.8 Å². The van der Waals surface area contributed by atoms with Crippen LogP contribution in [0.5, 0.6) is 5.88 Å². The van der Waals surface area contributed by atoms with Gasteiger partial charge in [-0.2, -0.15) is 5.10 Å². The standard InChI is InChI=1S/C14H22N4O3/c1-10(15-18-8-6-4-5-7-9-18)11-12(19)16(2)14(21)17(3)13(11)20/h19H,4-9H2,1-3H3/b15-10+. The summed E-state index contributed by atoms with van der Waals surface area (Å²) in [5, 5.41) is 16.5. The third-order valence-corrected chi connectivity index (χ3v) is 3.87. The minimum atomic E-state index is -0.552. The molecule has 21 heavy (non-hydrogen) atoms. The molecular weight excluding hydrogens is 272 g/mol. The lowest BCUT2D eigenvalue weighted by Crippen LogP contribution is -2.40. The van der Waals surface area contributed by atoms with Crippen LogP contribution in [0.2, 0.25) is 0 Å². The molecule has 0 aromatic carbocycles. The van der Waals surface area contributed by atoms with E-state index in [1.165, 1.54) is 26.9 Å². The lowest BCUT2D eigenvalue weighted by Gasteiger charge is -2.18. The maximum atomic E-state index is 12.2. The highest BCUT2D eigenvalue weighted by Crippen LogP contribution is 2.13. The van der Waals surface area contributed by atoms with E-state index in [4.69, 9.17) is 0 Å². The first-order valence-electron chi connectivity index (χ1n) is 7.23. The number of aromatic nitrogens is 2. The smallest absolute Gasteiger partial charge is 0.333 e. The van der Waals surface area contributed by atoms with E-state index in [2.05, 4.69) is 5.10 Å². The Morgan fingerprint density at radius 3 is 2.19 bits per heavy atom. The van der Waals surface area contributed by atoms with Gasteiger partial charge < -0.3 is 5.11 Å². The van der Waals surface area contributed by atoms with Crippen LogP contribution in [0.4, 0.5) is 0 Å². The van der Waals surface area contributed by atoms with E-state index in [0.29, 0.717) is 5.71 Å². The number of aromatic hydroxyl groups is 1. The molecule has 0 saturated carbocycles. The SMILES string of the molecule is C/C(=N\N1CCCCCC1)c1c(O)n(C)c(=O)n(C)c1=O. The van der Waals surface area contributed by atoms with Crippen molar-refractivity contribution in [3.05, 3.63) is 26.4 Å². The fourth-order valence-electron chi connectivity index (χ4n) is 2.57. The quantitative estimate of drug-likeness (QED) is 0.800. The van der Waals surface area contributed by atoms with Crippen LogP contribution in [0.15, 0.2) is 14.7 Å². The van der Waals surface area contributed by atoms with E-state index >= 15 is 0 Å². The lowest BCUT2D eigenvalue weighted by atomic mass is 10.2. The Kier molecular flexibility index (Phi) is 4.50. The van der Waals surface area contributed by atoms with Gasteiger partial charge in [-0.15, -0.1) is 0 Å². The molecule has 1 fully saturated rings. The van der Waals surface area contributed by atoms with Crippen molar-refractivity contribution in [2.45, 2.75) is 32.6 Å². The normalized spacial score (nSPS) is 16.9. The van der Waals surface area contributed by atoms with Crippen LogP contribution >= 0.6 is 0 Å². The highest BCUT2D eigenvalue weighted by atomic mass is 16.3. The molecule has 0 unspecified atom stereocenters. The van der Waals surface area contributed by atoms with Crippen LogP contribution in [0.3, 0.4) is 0 Å². The zero-order valence-electron chi connectivity index (χ0n) is 12.8. The number of hydrazone groups is 1. The lowest BCUT2D eigenvalue weighted by molar-refractivity contribution is 0.300. The van der Waals surface area contributed by atoms with Gasteiger partial charge in [0.15, 0.2) is 0 Å². The fourth-order valence-corrected chi connectivity index (χ4v) is 2.57. The van der Waals surface area contributed by atoms with Gasteiger partial charge in [0.05, 0.1) is 5.71 Å². The van der Waals surface area contributed by atoms with Crippen LogP contribution in [0.25, 0.3) is 0 Å². The minimum Gasteiger partial charge on any atom is -0.494 e. The Labute approximate surface area is 123 Å². The van der Waals surface area contributed by atoms with Crippen molar-refractivity contribution in [2.24, 2.45) is 19.2 Å². The Morgan fingerprint density at radius 1 is 1.05 bits per heavy atom. The van der Waals surface area contributed by atoms with Gasteiger partial charge >= 0.3 is 5.69 Å². The second-order valence-electron chi connectivity index (χ2n) is 5.46. The summed E-state index contributed by atoms with van der Waals surface area (Å²) in [4.78, 5) is 23.9. The van der Waals surface area contributed by atoms with E-state index < -0.39 is 11.2 Å². The predicted octanol–water partition coefficient (Wildman–Crippen LogP) is 0.390. The monoisotopic (exact) mass is 294 g/mol. The number of hydrogen-bond donors (Lipinski definition) is 1. The summed E-state index contributed by atoms with van der Waals surface area (Å²) in [6, 6.07) is 0. The third-order valence-electron chi connectivity index (χ3n) is 3.87.